The molecule has 0 spiro atoms. The first-order valence-corrected chi connectivity index (χ1v) is 18.2. The van der Waals surface area contributed by atoms with Gasteiger partial charge in [0.15, 0.2) is 11.5 Å². The van der Waals surface area contributed by atoms with Crippen molar-refractivity contribution in [1.82, 2.24) is 0 Å². The van der Waals surface area contributed by atoms with Crippen LogP contribution in [-0.2, 0) is 6.61 Å². The average Bonchev–Trinajstić information content (AvgIpc) is 3.09. The van der Waals surface area contributed by atoms with Gasteiger partial charge < -0.3 is 24.1 Å². The predicted molar refractivity (Wildman–Crippen MR) is 191 cm³/mol. The summed E-state index contributed by atoms with van der Waals surface area (Å²) in [5.41, 5.74) is 1.25. The second-order valence-corrected chi connectivity index (χ2v) is 12.4. The molecule has 0 unspecified atom stereocenters. The summed E-state index contributed by atoms with van der Waals surface area (Å²) in [6, 6.07) is 22.5. The molecule has 0 heterocycles. The van der Waals surface area contributed by atoms with E-state index in [1.54, 1.807) is 12.1 Å². The molecule has 3 aromatic rings. The maximum absolute atomic E-state index is 11.7. The normalized spacial score (nSPS) is 10.9. The lowest BCUT2D eigenvalue weighted by Gasteiger charge is -2.14. The molecule has 0 amide bonds. The summed E-state index contributed by atoms with van der Waals surface area (Å²) in [4.78, 5) is 11.7. The van der Waals surface area contributed by atoms with Gasteiger partial charge in [0.2, 0.25) is 0 Å². The van der Waals surface area contributed by atoms with Crippen molar-refractivity contribution in [3.8, 4) is 23.0 Å². The van der Waals surface area contributed by atoms with E-state index in [1.165, 1.54) is 96.0 Å². The third-order valence-corrected chi connectivity index (χ3v) is 8.29. The maximum Gasteiger partial charge on any atom is 0.335 e. The van der Waals surface area contributed by atoms with Crippen LogP contribution in [-0.4, -0.2) is 30.9 Å². The number of carbonyl (C=O) groups is 1. The van der Waals surface area contributed by atoms with E-state index in [0.29, 0.717) is 55.8 Å². The Bertz CT molecular complexity index is 1230. The Labute approximate surface area is 283 Å². The Balaban J connectivity index is 1.25. The number of carboxylic acids is 1. The smallest absolute Gasteiger partial charge is 0.335 e. The van der Waals surface area contributed by atoms with Crippen LogP contribution in [0.3, 0.4) is 0 Å². The van der Waals surface area contributed by atoms with Crippen LogP contribution in [0.15, 0.2) is 72.8 Å². The highest BCUT2D eigenvalue weighted by Gasteiger charge is 2.10. The largest absolute Gasteiger partial charge is 0.493 e. The van der Waals surface area contributed by atoms with Gasteiger partial charge in [-0.25, -0.2) is 4.79 Å². The molecular weight excluding hydrogens is 588 g/mol. The molecule has 3 rings (SSSR count). The van der Waals surface area contributed by atoms with Gasteiger partial charge in [-0.15, -0.1) is 0 Å². The van der Waals surface area contributed by atoms with Gasteiger partial charge in [-0.2, -0.15) is 0 Å². The molecule has 1 N–H and O–H groups in total. The molecular formula is C41H58O6. The number of hydrogen-bond acceptors (Lipinski definition) is 5. The SMILES string of the molecule is CCCCCCCCCCCCCCCCCCOc1cc(OCCCOc2ccccc2OCc2ccccc2)cc(C(=O)O)c1. The molecule has 3 aromatic carbocycles. The zero-order valence-electron chi connectivity index (χ0n) is 28.8. The average molecular weight is 647 g/mol. The molecule has 258 valence electrons. The number of unbranched alkanes of at least 4 members (excludes halogenated alkanes) is 15. The molecule has 0 aromatic heterocycles. The van der Waals surface area contributed by atoms with Gasteiger partial charge in [0.1, 0.15) is 18.1 Å². The summed E-state index contributed by atoms with van der Waals surface area (Å²) < 4.78 is 23.8. The molecule has 6 nitrogen and oxygen atoms in total. The molecule has 0 aliphatic carbocycles. The van der Waals surface area contributed by atoms with Gasteiger partial charge in [-0.3, -0.25) is 0 Å². The first kappa shape index (κ1) is 37.8. The maximum atomic E-state index is 11.7. The monoisotopic (exact) mass is 646 g/mol. The Hall–Kier alpha value is -3.67. The topological polar surface area (TPSA) is 74.2 Å². The fourth-order valence-electron chi connectivity index (χ4n) is 5.56. The van der Waals surface area contributed by atoms with Crippen molar-refractivity contribution in [1.29, 1.82) is 0 Å². The Morgan fingerprint density at radius 2 is 0.957 bits per heavy atom. The fraction of sp³-hybridized carbons (Fsp3) is 0.537. The van der Waals surface area contributed by atoms with Crippen LogP contribution in [0.25, 0.3) is 0 Å². The van der Waals surface area contributed by atoms with E-state index in [2.05, 4.69) is 6.92 Å². The third-order valence-electron chi connectivity index (χ3n) is 8.29. The van der Waals surface area contributed by atoms with E-state index in [1.807, 2.05) is 54.6 Å². The van der Waals surface area contributed by atoms with Gasteiger partial charge >= 0.3 is 5.97 Å². The lowest BCUT2D eigenvalue weighted by atomic mass is 10.0. The summed E-state index contributed by atoms with van der Waals surface area (Å²) in [5.74, 6) is 1.39. The summed E-state index contributed by atoms with van der Waals surface area (Å²) >= 11 is 0. The summed E-state index contributed by atoms with van der Waals surface area (Å²) in [7, 11) is 0. The number of ether oxygens (including phenoxy) is 4. The van der Waals surface area contributed by atoms with Crippen molar-refractivity contribution < 1.29 is 28.8 Å². The molecule has 0 saturated carbocycles. The predicted octanol–water partition coefficient (Wildman–Crippen LogP) is 11.5. The van der Waals surface area contributed by atoms with E-state index in [-0.39, 0.29) is 5.56 Å². The van der Waals surface area contributed by atoms with E-state index in [4.69, 9.17) is 18.9 Å². The summed E-state index contributed by atoms with van der Waals surface area (Å²) in [6.45, 7) is 4.13. The lowest BCUT2D eigenvalue weighted by Crippen LogP contribution is -2.07. The Kier molecular flexibility index (Phi) is 19.7. The summed E-state index contributed by atoms with van der Waals surface area (Å²) in [6.07, 6.45) is 21.8. The number of aromatic carboxylic acids is 1. The highest BCUT2D eigenvalue weighted by molar-refractivity contribution is 5.88. The molecule has 0 atom stereocenters. The number of hydrogen-bond donors (Lipinski definition) is 1. The third kappa shape index (κ3) is 17.2. The van der Waals surface area contributed by atoms with Crippen molar-refractivity contribution in [2.24, 2.45) is 0 Å². The Morgan fingerprint density at radius 3 is 1.49 bits per heavy atom. The molecule has 0 aliphatic heterocycles. The van der Waals surface area contributed by atoms with E-state index < -0.39 is 5.97 Å². The van der Waals surface area contributed by atoms with Crippen LogP contribution in [0.1, 0.15) is 132 Å². The molecule has 0 bridgehead atoms. The molecule has 0 radical (unpaired) electrons. The molecule has 47 heavy (non-hydrogen) atoms. The standard InChI is InChI=1S/C41H58O6/c1-2-3-4-5-6-7-8-9-10-11-12-13-14-15-16-22-28-44-37-31-36(41(42)43)32-38(33-37)45-29-23-30-46-39-26-20-21-27-40(39)47-34-35-24-18-17-19-25-35/h17-21,24-27,31-33H,2-16,22-23,28-30,34H2,1H3,(H,42,43). The summed E-state index contributed by atoms with van der Waals surface area (Å²) in [5, 5.41) is 9.59. The van der Waals surface area contributed by atoms with E-state index in [9.17, 15) is 9.90 Å². The zero-order chi connectivity index (χ0) is 33.2. The minimum atomic E-state index is -1.00. The van der Waals surface area contributed by atoms with Crippen molar-refractivity contribution in [3.05, 3.63) is 83.9 Å². The van der Waals surface area contributed by atoms with Crippen LogP contribution in [0, 0.1) is 0 Å². The molecule has 0 aliphatic rings. The molecule has 0 fully saturated rings. The van der Waals surface area contributed by atoms with Gasteiger partial charge in [-0.05, 0) is 36.2 Å². The first-order chi connectivity index (χ1) is 23.2. The van der Waals surface area contributed by atoms with E-state index in [0.717, 1.165) is 18.4 Å². The van der Waals surface area contributed by atoms with Gasteiger partial charge in [0.05, 0.1) is 25.4 Å². The zero-order valence-corrected chi connectivity index (χ0v) is 28.8. The van der Waals surface area contributed by atoms with Gasteiger partial charge in [0, 0.05) is 12.5 Å². The van der Waals surface area contributed by atoms with Crippen LogP contribution in [0.2, 0.25) is 0 Å². The van der Waals surface area contributed by atoms with Crippen molar-refractivity contribution in [2.45, 2.75) is 123 Å². The quantitative estimate of drug-likeness (QED) is 0.0791. The van der Waals surface area contributed by atoms with E-state index >= 15 is 0 Å². The minimum Gasteiger partial charge on any atom is -0.493 e. The second kappa shape index (κ2) is 24.5. The van der Waals surface area contributed by atoms with Crippen LogP contribution in [0.5, 0.6) is 23.0 Å². The fourth-order valence-corrected chi connectivity index (χ4v) is 5.56. The van der Waals surface area contributed by atoms with Crippen molar-refractivity contribution in [3.63, 3.8) is 0 Å². The van der Waals surface area contributed by atoms with Gasteiger partial charge in [0.25, 0.3) is 0 Å². The van der Waals surface area contributed by atoms with Crippen LogP contribution in [0.4, 0.5) is 0 Å². The van der Waals surface area contributed by atoms with Crippen molar-refractivity contribution >= 4 is 5.97 Å². The second-order valence-electron chi connectivity index (χ2n) is 12.4. The number of rotatable bonds is 28. The van der Waals surface area contributed by atoms with Crippen LogP contribution < -0.4 is 18.9 Å². The number of carboxylic acid groups (broad SMARTS) is 1. The minimum absolute atomic E-state index is 0.158. The van der Waals surface area contributed by atoms with Gasteiger partial charge in [-0.1, -0.05) is 146 Å². The molecule has 0 saturated heterocycles. The highest BCUT2D eigenvalue weighted by atomic mass is 16.5. The number of benzene rings is 3. The first-order valence-electron chi connectivity index (χ1n) is 18.2. The van der Waals surface area contributed by atoms with Crippen molar-refractivity contribution in [2.75, 3.05) is 19.8 Å². The number of para-hydroxylation sites is 2. The Morgan fingerprint density at radius 1 is 0.511 bits per heavy atom. The highest BCUT2D eigenvalue weighted by Crippen LogP contribution is 2.28. The lowest BCUT2D eigenvalue weighted by molar-refractivity contribution is 0.0695. The van der Waals surface area contributed by atoms with Crippen LogP contribution >= 0.6 is 0 Å². The molecule has 6 heteroatoms.